The van der Waals surface area contributed by atoms with Gasteiger partial charge in [-0.1, -0.05) is 24.3 Å². The first-order chi connectivity index (χ1) is 15.3. The van der Waals surface area contributed by atoms with Gasteiger partial charge in [-0.15, -0.1) is 0 Å². The Labute approximate surface area is 182 Å². The lowest BCUT2D eigenvalue weighted by Crippen LogP contribution is -2.16. The fraction of sp³-hybridized carbons (Fsp3) is 0.261. The van der Waals surface area contributed by atoms with E-state index in [0.29, 0.717) is 17.7 Å². The summed E-state index contributed by atoms with van der Waals surface area (Å²) in [5, 5.41) is 14.8. The van der Waals surface area contributed by atoms with E-state index in [2.05, 4.69) is 20.6 Å². The van der Waals surface area contributed by atoms with Crippen LogP contribution in [0.4, 0.5) is 29.2 Å². The molecule has 0 saturated heterocycles. The standard InChI is InChI=1S/C23H19F4N5/c24-19-21(29-12-15-3-1-14(11-28)2-4-15)30-13-31-22(19)32-20(16-5-6-16)17-7-9-18(10-8-17)23(25,26)27/h1-4,7-10,13,16,20H,5-6,12H2,(H2,29,30,31,32). The summed E-state index contributed by atoms with van der Waals surface area (Å²) < 4.78 is 53.6. The summed E-state index contributed by atoms with van der Waals surface area (Å²) in [6.07, 6.45) is -1.39. The maximum absolute atomic E-state index is 15.0. The molecule has 32 heavy (non-hydrogen) atoms. The molecule has 1 aromatic heterocycles. The number of hydrogen-bond acceptors (Lipinski definition) is 5. The lowest BCUT2D eigenvalue weighted by molar-refractivity contribution is -0.137. The van der Waals surface area contributed by atoms with Crippen molar-refractivity contribution in [3.63, 3.8) is 0 Å². The molecule has 164 valence electrons. The number of benzene rings is 2. The molecule has 0 bridgehead atoms. The minimum atomic E-state index is -4.41. The van der Waals surface area contributed by atoms with Crippen LogP contribution in [0.5, 0.6) is 0 Å². The molecule has 4 rings (SSSR count). The van der Waals surface area contributed by atoms with Crippen molar-refractivity contribution in [1.29, 1.82) is 5.26 Å². The van der Waals surface area contributed by atoms with E-state index < -0.39 is 17.6 Å². The Kier molecular flexibility index (Phi) is 5.95. The molecular formula is C23H19F4N5. The van der Waals surface area contributed by atoms with E-state index in [1.807, 2.05) is 6.07 Å². The highest BCUT2D eigenvalue weighted by molar-refractivity contribution is 5.51. The van der Waals surface area contributed by atoms with Gasteiger partial charge in [-0.2, -0.15) is 22.8 Å². The molecule has 0 amide bonds. The van der Waals surface area contributed by atoms with E-state index in [1.165, 1.54) is 18.5 Å². The van der Waals surface area contributed by atoms with Crippen LogP contribution in [-0.2, 0) is 12.7 Å². The average molecular weight is 441 g/mol. The molecule has 1 aliphatic carbocycles. The first-order valence-corrected chi connectivity index (χ1v) is 10.0. The van der Waals surface area contributed by atoms with Gasteiger partial charge in [-0.25, -0.2) is 9.97 Å². The van der Waals surface area contributed by atoms with E-state index in [1.54, 1.807) is 24.3 Å². The molecule has 3 aromatic rings. The van der Waals surface area contributed by atoms with E-state index in [9.17, 15) is 13.2 Å². The van der Waals surface area contributed by atoms with Gasteiger partial charge in [0.1, 0.15) is 6.33 Å². The zero-order valence-corrected chi connectivity index (χ0v) is 16.8. The Morgan fingerprint density at radius 3 is 2.25 bits per heavy atom. The second-order valence-corrected chi connectivity index (χ2v) is 7.63. The van der Waals surface area contributed by atoms with Crippen LogP contribution < -0.4 is 10.6 Å². The molecule has 0 aliphatic heterocycles. The number of aromatic nitrogens is 2. The molecule has 1 aliphatic rings. The Hall–Kier alpha value is -3.67. The zero-order chi connectivity index (χ0) is 22.7. The fourth-order valence-corrected chi connectivity index (χ4v) is 3.41. The number of hydrogen-bond donors (Lipinski definition) is 2. The van der Waals surface area contributed by atoms with Gasteiger partial charge in [-0.05, 0) is 54.2 Å². The summed E-state index contributed by atoms with van der Waals surface area (Å²) in [7, 11) is 0. The second kappa shape index (κ2) is 8.83. The number of nitriles is 1. The zero-order valence-electron chi connectivity index (χ0n) is 16.8. The summed E-state index contributed by atoms with van der Waals surface area (Å²) in [5.74, 6) is -0.484. The first-order valence-electron chi connectivity index (χ1n) is 10.0. The highest BCUT2D eigenvalue weighted by Gasteiger charge is 2.35. The van der Waals surface area contributed by atoms with Crippen LogP contribution in [0.15, 0.2) is 54.9 Å². The van der Waals surface area contributed by atoms with Gasteiger partial charge in [0.25, 0.3) is 0 Å². The van der Waals surface area contributed by atoms with Gasteiger partial charge >= 0.3 is 6.18 Å². The Morgan fingerprint density at radius 1 is 1.00 bits per heavy atom. The second-order valence-electron chi connectivity index (χ2n) is 7.63. The predicted molar refractivity (Wildman–Crippen MR) is 111 cm³/mol. The van der Waals surface area contributed by atoms with E-state index in [0.717, 1.165) is 30.5 Å². The van der Waals surface area contributed by atoms with E-state index >= 15 is 4.39 Å². The summed E-state index contributed by atoms with van der Waals surface area (Å²) in [5.41, 5.74) is 1.30. The number of halogens is 4. The third-order valence-electron chi connectivity index (χ3n) is 5.32. The van der Waals surface area contributed by atoms with Gasteiger partial charge in [0.15, 0.2) is 11.6 Å². The third-order valence-corrected chi connectivity index (χ3v) is 5.32. The monoisotopic (exact) mass is 441 g/mol. The van der Waals surface area contributed by atoms with Crippen LogP contribution in [0.25, 0.3) is 0 Å². The maximum Gasteiger partial charge on any atom is 0.416 e. The topological polar surface area (TPSA) is 73.6 Å². The van der Waals surface area contributed by atoms with Crippen LogP contribution in [0.1, 0.15) is 41.1 Å². The molecule has 1 unspecified atom stereocenters. The average Bonchev–Trinajstić information content (AvgIpc) is 3.63. The number of nitrogens with zero attached hydrogens (tertiary/aromatic N) is 3. The van der Waals surface area contributed by atoms with Crippen molar-refractivity contribution >= 4 is 11.6 Å². The van der Waals surface area contributed by atoms with E-state index in [-0.39, 0.29) is 23.6 Å². The van der Waals surface area contributed by atoms with Gasteiger partial charge in [0.2, 0.25) is 5.82 Å². The molecular weight excluding hydrogens is 422 g/mol. The number of alkyl halides is 3. The van der Waals surface area contributed by atoms with Crippen LogP contribution >= 0.6 is 0 Å². The van der Waals surface area contributed by atoms with Gasteiger partial charge in [-0.3, -0.25) is 0 Å². The lowest BCUT2D eigenvalue weighted by Gasteiger charge is -2.21. The van der Waals surface area contributed by atoms with Gasteiger partial charge in [0, 0.05) is 6.54 Å². The van der Waals surface area contributed by atoms with Gasteiger partial charge < -0.3 is 10.6 Å². The summed E-state index contributed by atoms with van der Waals surface area (Å²) >= 11 is 0. The van der Waals surface area contributed by atoms with Crippen LogP contribution in [0.3, 0.4) is 0 Å². The van der Waals surface area contributed by atoms with E-state index in [4.69, 9.17) is 5.26 Å². The molecule has 1 atom stereocenters. The Morgan fingerprint density at radius 2 is 1.66 bits per heavy atom. The van der Waals surface area contributed by atoms with Crippen molar-refractivity contribution in [3.8, 4) is 6.07 Å². The quantitative estimate of drug-likeness (QED) is 0.462. The number of nitrogens with one attached hydrogen (secondary N) is 2. The fourth-order valence-electron chi connectivity index (χ4n) is 3.41. The first kappa shape index (κ1) is 21.6. The van der Waals surface area contributed by atoms with Crippen LogP contribution in [0, 0.1) is 23.1 Å². The largest absolute Gasteiger partial charge is 0.416 e. The third kappa shape index (κ3) is 4.97. The summed E-state index contributed by atoms with van der Waals surface area (Å²) in [6.45, 7) is 0.296. The number of anilines is 2. The molecule has 1 heterocycles. The molecule has 9 heteroatoms. The van der Waals surface area contributed by atoms with Gasteiger partial charge in [0.05, 0.1) is 23.2 Å². The van der Waals surface area contributed by atoms with Crippen LogP contribution in [0.2, 0.25) is 0 Å². The van der Waals surface area contributed by atoms with Crippen LogP contribution in [-0.4, -0.2) is 9.97 Å². The minimum Gasteiger partial charge on any atom is -0.363 e. The molecule has 1 fully saturated rings. The van der Waals surface area contributed by atoms with Crippen molar-refractivity contribution in [2.75, 3.05) is 10.6 Å². The highest BCUT2D eigenvalue weighted by atomic mass is 19.4. The Balaban J connectivity index is 1.49. The molecule has 0 spiro atoms. The lowest BCUT2D eigenvalue weighted by atomic mass is 10.0. The van der Waals surface area contributed by atoms with Crippen molar-refractivity contribution in [1.82, 2.24) is 9.97 Å². The maximum atomic E-state index is 15.0. The van der Waals surface area contributed by atoms with Crippen molar-refractivity contribution < 1.29 is 17.6 Å². The normalized spacial score (nSPS) is 14.5. The molecule has 0 radical (unpaired) electrons. The minimum absolute atomic E-state index is 0.00817. The predicted octanol–water partition coefficient (Wildman–Crippen LogP) is 5.68. The molecule has 1 saturated carbocycles. The van der Waals surface area contributed by atoms with Crippen molar-refractivity contribution in [3.05, 3.63) is 82.9 Å². The number of rotatable bonds is 7. The Bertz CT molecular complexity index is 1120. The summed E-state index contributed by atoms with van der Waals surface area (Å²) in [4.78, 5) is 7.95. The molecule has 2 N–H and O–H groups in total. The summed E-state index contributed by atoms with van der Waals surface area (Å²) in [6, 6.07) is 13.5. The SMILES string of the molecule is N#Cc1ccc(CNc2ncnc(NC(c3ccc(C(F)(F)F)cc3)C3CC3)c2F)cc1. The van der Waals surface area contributed by atoms with Crippen molar-refractivity contribution in [2.24, 2.45) is 5.92 Å². The molecule has 2 aromatic carbocycles. The highest BCUT2D eigenvalue weighted by Crippen LogP contribution is 2.43. The van der Waals surface area contributed by atoms with Crippen molar-refractivity contribution in [2.45, 2.75) is 31.6 Å². The smallest absolute Gasteiger partial charge is 0.363 e. The molecule has 5 nitrogen and oxygen atoms in total.